The molecule has 0 spiro atoms. The van der Waals surface area contributed by atoms with Crippen molar-refractivity contribution in [1.82, 2.24) is 10.1 Å². The van der Waals surface area contributed by atoms with E-state index in [2.05, 4.69) is 17.1 Å². The Morgan fingerprint density at radius 1 is 1.54 bits per heavy atom. The van der Waals surface area contributed by atoms with Crippen molar-refractivity contribution in [1.29, 1.82) is 0 Å². The summed E-state index contributed by atoms with van der Waals surface area (Å²) in [5.74, 6) is 1.46. The average molecular weight is 183 g/mol. The zero-order valence-electron chi connectivity index (χ0n) is 8.29. The number of hydrogen-bond donors (Lipinski definition) is 1. The van der Waals surface area contributed by atoms with Crippen LogP contribution in [-0.4, -0.2) is 16.2 Å². The van der Waals surface area contributed by atoms with Crippen molar-refractivity contribution < 1.29 is 4.52 Å². The molecule has 0 saturated heterocycles. The summed E-state index contributed by atoms with van der Waals surface area (Å²) in [4.78, 5) is 4.23. The van der Waals surface area contributed by atoms with Gasteiger partial charge in [-0.05, 0) is 13.3 Å². The quantitative estimate of drug-likeness (QED) is 0.747. The van der Waals surface area contributed by atoms with Gasteiger partial charge in [-0.2, -0.15) is 4.98 Å². The summed E-state index contributed by atoms with van der Waals surface area (Å²) < 4.78 is 5.05. The molecule has 4 nitrogen and oxygen atoms in total. The highest BCUT2D eigenvalue weighted by Gasteiger charge is 2.06. The van der Waals surface area contributed by atoms with Crippen molar-refractivity contribution in [2.24, 2.45) is 5.73 Å². The van der Waals surface area contributed by atoms with Gasteiger partial charge in [-0.25, -0.2) is 0 Å². The van der Waals surface area contributed by atoms with E-state index in [0.29, 0.717) is 6.42 Å². The molecule has 0 aromatic carbocycles. The molecule has 1 unspecified atom stereocenters. The Labute approximate surface area is 78.5 Å². The van der Waals surface area contributed by atoms with Crippen LogP contribution in [0.25, 0.3) is 0 Å². The van der Waals surface area contributed by atoms with Crippen LogP contribution < -0.4 is 5.73 Å². The topological polar surface area (TPSA) is 64.9 Å². The van der Waals surface area contributed by atoms with Gasteiger partial charge in [0.1, 0.15) is 0 Å². The van der Waals surface area contributed by atoms with Crippen molar-refractivity contribution in [3.63, 3.8) is 0 Å². The van der Waals surface area contributed by atoms with Gasteiger partial charge < -0.3 is 10.3 Å². The highest BCUT2D eigenvalue weighted by molar-refractivity contribution is 4.88. The highest BCUT2D eigenvalue weighted by atomic mass is 16.5. The van der Waals surface area contributed by atoms with Crippen LogP contribution >= 0.6 is 0 Å². The maximum atomic E-state index is 5.61. The molecule has 0 aliphatic rings. The average Bonchev–Trinajstić information content (AvgIpc) is 2.48. The van der Waals surface area contributed by atoms with Gasteiger partial charge in [0.25, 0.3) is 0 Å². The molecule has 0 bridgehead atoms. The van der Waals surface area contributed by atoms with E-state index in [0.717, 1.165) is 31.0 Å². The van der Waals surface area contributed by atoms with Gasteiger partial charge in [-0.1, -0.05) is 18.5 Å². The molecular weight excluding hydrogens is 166 g/mol. The summed E-state index contributed by atoms with van der Waals surface area (Å²) in [5.41, 5.74) is 5.61. The molecular formula is C9H17N3O. The molecule has 74 valence electrons. The fourth-order valence-electron chi connectivity index (χ4n) is 1.09. The zero-order chi connectivity index (χ0) is 9.68. The molecule has 0 saturated carbocycles. The SMILES string of the molecule is CCCCc1nc(CC(C)N)no1. The molecule has 1 aromatic heterocycles. The predicted molar refractivity (Wildman–Crippen MR) is 50.3 cm³/mol. The van der Waals surface area contributed by atoms with Gasteiger partial charge in [0.15, 0.2) is 5.82 Å². The largest absolute Gasteiger partial charge is 0.339 e. The lowest BCUT2D eigenvalue weighted by molar-refractivity contribution is 0.369. The van der Waals surface area contributed by atoms with Crippen molar-refractivity contribution in [2.45, 2.75) is 45.6 Å². The van der Waals surface area contributed by atoms with E-state index in [4.69, 9.17) is 10.3 Å². The third kappa shape index (κ3) is 3.55. The smallest absolute Gasteiger partial charge is 0.226 e. The monoisotopic (exact) mass is 183 g/mol. The number of rotatable bonds is 5. The van der Waals surface area contributed by atoms with Gasteiger partial charge in [0.05, 0.1) is 0 Å². The standard InChI is InChI=1S/C9H17N3O/c1-3-4-5-9-11-8(12-13-9)6-7(2)10/h7H,3-6,10H2,1-2H3. The lowest BCUT2D eigenvalue weighted by Crippen LogP contribution is -2.18. The molecule has 2 N–H and O–H groups in total. The fourth-order valence-corrected chi connectivity index (χ4v) is 1.09. The Hall–Kier alpha value is -0.900. The number of aryl methyl sites for hydroxylation is 1. The third-order valence-electron chi connectivity index (χ3n) is 1.76. The minimum absolute atomic E-state index is 0.0941. The zero-order valence-corrected chi connectivity index (χ0v) is 8.29. The van der Waals surface area contributed by atoms with Crippen LogP contribution in [-0.2, 0) is 12.8 Å². The Balaban J connectivity index is 2.44. The lowest BCUT2D eigenvalue weighted by Gasteiger charge is -1.96. The maximum absolute atomic E-state index is 5.61. The summed E-state index contributed by atoms with van der Waals surface area (Å²) in [7, 11) is 0. The molecule has 1 heterocycles. The van der Waals surface area contributed by atoms with E-state index < -0.39 is 0 Å². The van der Waals surface area contributed by atoms with Gasteiger partial charge in [0, 0.05) is 18.9 Å². The second kappa shape index (κ2) is 4.97. The van der Waals surface area contributed by atoms with Crippen LogP contribution in [0.15, 0.2) is 4.52 Å². The first kappa shape index (κ1) is 10.2. The summed E-state index contributed by atoms with van der Waals surface area (Å²) in [6.07, 6.45) is 3.81. The van der Waals surface area contributed by atoms with Crippen LogP contribution in [0.1, 0.15) is 38.4 Å². The van der Waals surface area contributed by atoms with Crippen LogP contribution in [0.3, 0.4) is 0 Å². The van der Waals surface area contributed by atoms with Crippen LogP contribution in [0, 0.1) is 0 Å². The van der Waals surface area contributed by atoms with E-state index >= 15 is 0 Å². The molecule has 0 fully saturated rings. The molecule has 0 aliphatic carbocycles. The molecule has 1 rings (SSSR count). The Bertz CT molecular complexity index is 245. The van der Waals surface area contributed by atoms with Gasteiger partial charge >= 0.3 is 0 Å². The lowest BCUT2D eigenvalue weighted by atomic mass is 10.2. The molecule has 1 atom stereocenters. The van der Waals surface area contributed by atoms with Crippen LogP contribution in [0.5, 0.6) is 0 Å². The van der Waals surface area contributed by atoms with Crippen molar-refractivity contribution in [3.05, 3.63) is 11.7 Å². The first-order chi connectivity index (χ1) is 6.22. The van der Waals surface area contributed by atoms with Gasteiger partial charge in [-0.3, -0.25) is 0 Å². The number of nitrogens with zero attached hydrogens (tertiary/aromatic N) is 2. The number of hydrogen-bond acceptors (Lipinski definition) is 4. The van der Waals surface area contributed by atoms with Crippen LogP contribution in [0.4, 0.5) is 0 Å². The molecule has 13 heavy (non-hydrogen) atoms. The summed E-state index contributed by atoms with van der Waals surface area (Å²) in [6, 6.07) is 0.0941. The van der Waals surface area contributed by atoms with Gasteiger partial charge in [-0.15, -0.1) is 0 Å². The van der Waals surface area contributed by atoms with Gasteiger partial charge in [0.2, 0.25) is 5.89 Å². The normalized spacial score (nSPS) is 13.2. The first-order valence-corrected chi connectivity index (χ1v) is 4.79. The van der Waals surface area contributed by atoms with Crippen molar-refractivity contribution >= 4 is 0 Å². The Morgan fingerprint density at radius 2 is 2.31 bits per heavy atom. The predicted octanol–water partition coefficient (Wildman–Crippen LogP) is 1.30. The molecule has 0 amide bonds. The summed E-state index contributed by atoms with van der Waals surface area (Å²) >= 11 is 0. The van der Waals surface area contributed by atoms with E-state index in [1.54, 1.807) is 0 Å². The van der Waals surface area contributed by atoms with E-state index in [9.17, 15) is 0 Å². The van der Waals surface area contributed by atoms with Crippen molar-refractivity contribution in [3.8, 4) is 0 Å². The Morgan fingerprint density at radius 3 is 2.92 bits per heavy atom. The molecule has 1 aromatic rings. The number of nitrogens with two attached hydrogens (primary N) is 1. The minimum atomic E-state index is 0.0941. The third-order valence-corrected chi connectivity index (χ3v) is 1.76. The van der Waals surface area contributed by atoms with Crippen LogP contribution in [0.2, 0.25) is 0 Å². The fraction of sp³-hybridized carbons (Fsp3) is 0.778. The summed E-state index contributed by atoms with van der Waals surface area (Å²) in [5, 5.41) is 3.84. The number of unbranched alkanes of at least 4 members (excludes halogenated alkanes) is 1. The Kier molecular flexibility index (Phi) is 3.89. The first-order valence-electron chi connectivity index (χ1n) is 4.79. The maximum Gasteiger partial charge on any atom is 0.226 e. The summed E-state index contributed by atoms with van der Waals surface area (Å²) in [6.45, 7) is 4.07. The second-order valence-corrected chi connectivity index (χ2v) is 3.39. The number of aromatic nitrogens is 2. The minimum Gasteiger partial charge on any atom is -0.339 e. The molecule has 0 radical (unpaired) electrons. The van der Waals surface area contributed by atoms with Crippen molar-refractivity contribution in [2.75, 3.05) is 0 Å². The van der Waals surface area contributed by atoms with E-state index in [1.165, 1.54) is 0 Å². The highest BCUT2D eigenvalue weighted by Crippen LogP contribution is 2.03. The molecule has 4 heteroatoms. The molecule has 0 aliphatic heterocycles. The van der Waals surface area contributed by atoms with E-state index in [1.807, 2.05) is 6.92 Å². The second-order valence-electron chi connectivity index (χ2n) is 3.39. The van der Waals surface area contributed by atoms with E-state index in [-0.39, 0.29) is 6.04 Å².